The molecule has 3 amide bonds. The van der Waals surface area contributed by atoms with Crippen molar-refractivity contribution >= 4 is 29.4 Å². The maximum Gasteiger partial charge on any atom is 0.322 e. The van der Waals surface area contributed by atoms with E-state index in [-0.39, 0.29) is 18.0 Å². The Morgan fingerprint density at radius 1 is 1.25 bits per heavy atom. The number of benzene rings is 1. The van der Waals surface area contributed by atoms with Gasteiger partial charge in [-0.2, -0.15) is 11.8 Å². The number of carbonyl (C=O) groups is 2. The van der Waals surface area contributed by atoms with Gasteiger partial charge in [0, 0.05) is 42.4 Å². The van der Waals surface area contributed by atoms with Gasteiger partial charge in [0.15, 0.2) is 0 Å². The van der Waals surface area contributed by atoms with E-state index in [1.54, 1.807) is 17.0 Å². The van der Waals surface area contributed by atoms with Gasteiger partial charge in [0.05, 0.1) is 0 Å². The number of thioether (sulfide) groups is 1. The maximum atomic E-state index is 12.7. The van der Waals surface area contributed by atoms with Gasteiger partial charge in [0.25, 0.3) is 0 Å². The molecule has 0 unspecified atom stereocenters. The number of urea groups is 1. The number of hydrogen-bond acceptors (Lipinski definition) is 3. The minimum atomic E-state index is -0.344. The molecule has 2 heterocycles. The summed E-state index contributed by atoms with van der Waals surface area (Å²) in [6, 6.07) is 6.60. The van der Waals surface area contributed by atoms with Crippen molar-refractivity contribution in [3.63, 3.8) is 0 Å². The van der Waals surface area contributed by atoms with Gasteiger partial charge in [-0.1, -0.05) is 12.0 Å². The predicted molar refractivity (Wildman–Crippen MR) is 97.0 cm³/mol. The number of carbonyl (C=O) groups excluding carboxylic acids is 2. The van der Waals surface area contributed by atoms with Crippen LogP contribution in [0.5, 0.6) is 0 Å². The van der Waals surface area contributed by atoms with Crippen molar-refractivity contribution in [3.8, 4) is 12.3 Å². The van der Waals surface area contributed by atoms with Gasteiger partial charge in [0.2, 0.25) is 5.91 Å². The number of terminal acetylenes is 1. The fourth-order valence-electron chi connectivity index (χ4n) is 3.14. The molecule has 1 atom stereocenters. The lowest BCUT2D eigenvalue weighted by Gasteiger charge is -2.32. The van der Waals surface area contributed by atoms with Crippen LogP contribution in [0.3, 0.4) is 0 Å². The van der Waals surface area contributed by atoms with Crippen LogP contribution in [-0.4, -0.2) is 58.9 Å². The Kier molecular flexibility index (Phi) is 5.31. The van der Waals surface area contributed by atoms with E-state index in [1.807, 2.05) is 28.8 Å². The van der Waals surface area contributed by atoms with Crippen molar-refractivity contribution < 1.29 is 9.59 Å². The van der Waals surface area contributed by atoms with Gasteiger partial charge in [-0.05, 0) is 31.0 Å². The fraction of sp³-hybridized carbons (Fsp3) is 0.444. The third kappa shape index (κ3) is 3.68. The Morgan fingerprint density at radius 3 is 2.79 bits per heavy atom. The highest BCUT2D eigenvalue weighted by Crippen LogP contribution is 2.22. The van der Waals surface area contributed by atoms with Crippen LogP contribution in [-0.2, 0) is 4.79 Å². The topological polar surface area (TPSA) is 52.7 Å². The molecule has 0 aromatic heterocycles. The van der Waals surface area contributed by atoms with E-state index in [0.717, 1.165) is 37.4 Å². The van der Waals surface area contributed by atoms with Crippen molar-refractivity contribution in [2.45, 2.75) is 18.9 Å². The highest BCUT2D eigenvalue weighted by Gasteiger charge is 2.36. The van der Waals surface area contributed by atoms with Crippen LogP contribution in [0.4, 0.5) is 10.5 Å². The van der Waals surface area contributed by atoms with E-state index in [9.17, 15) is 9.59 Å². The molecule has 2 saturated heterocycles. The van der Waals surface area contributed by atoms with Crippen molar-refractivity contribution in [2.24, 2.45) is 0 Å². The molecule has 2 fully saturated rings. The quantitative estimate of drug-likeness (QED) is 0.838. The second-order valence-electron chi connectivity index (χ2n) is 5.94. The van der Waals surface area contributed by atoms with Crippen LogP contribution < -0.4 is 5.32 Å². The standard InChI is InChI=1S/C18H21N3O2S/c1-2-14-5-3-6-15(13-14)19-18(23)21-8-4-7-16(21)17(22)20-9-11-24-12-10-20/h1,3,5-6,13,16H,4,7-12H2,(H,19,23)/t16-/m0/s1. The Hall–Kier alpha value is -2.13. The molecule has 0 saturated carbocycles. The summed E-state index contributed by atoms with van der Waals surface area (Å²) in [7, 11) is 0. The third-order valence-corrected chi connectivity index (χ3v) is 5.34. The van der Waals surface area contributed by atoms with E-state index in [1.165, 1.54) is 0 Å². The third-order valence-electron chi connectivity index (χ3n) is 4.40. The molecule has 126 valence electrons. The Balaban J connectivity index is 1.66. The zero-order chi connectivity index (χ0) is 16.9. The Bertz CT molecular complexity index is 664. The summed E-state index contributed by atoms with van der Waals surface area (Å²) < 4.78 is 0. The first-order chi connectivity index (χ1) is 11.7. The normalized spacial score (nSPS) is 20.5. The van der Waals surface area contributed by atoms with Crippen LogP contribution in [0.1, 0.15) is 18.4 Å². The number of nitrogens with one attached hydrogen (secondary N) is 1. The van der Waals surface area contributed by atoms with Crippen molar-refractivity contribution in [1.29, 1.82) is 0 Å². The summed E-state index contributed by atoms with van der Waals surface area (Å²) >= 11 is 1.87. The molecule has 3 rings (SSSR count). The minimum Gasteiger partial charge on any atom is -0.339 e. The van der Waals surface area contributed by atoms with E-state index in [0.29, 0.717) is 17.8 Å². The molecule has 2 aliphatic heterocycles. The molecule has 6 heteroatoms. The lowest BCUT2D eigenvalue weighted by atomic mass is 10.2. The maximum absolute atomic E-state index is 12.7. The molecule has 2 aliphatic rings. The van der Waals surface area contributed by atoms with Crippen LogP contribution in [0.15, 0.2) is 24.3 Å². The number of amides is 3. The van der Waals surface area contributed by atoms with E-state index in [2.05, 4.69) is 11.2 Å². The lowest BCUT2D eigenvalue weighted by Crippen LogP contribution is -2.51. The van der Waals surface area contributed by atoms with Crippen LogP contribution >= 0.6 is 11.8 Å². The summed E-state index contributed by atoms with van der Waals surface area (Å²) in [6.45, 7) is 2.17. The van der Waals surface area contributed by atoms with Crippen molar-refractivity contribution in [2.75, 3.05) is 36.5 Å². The van der Waals surface area contributed by atoms with Crippen LogP contribution in [0.2, 0.25) is 0 Å². The van der Waals surface area contributed by atoms with Gasteiger partial charge in [-0.15, -0.1) is 6.42 Å². The predicted octanol–water partition coefficient (Wildman–Crippen LogP) is 2.24. The first-order valence-corrected chi connectivity index (χ1v) is 9.35. The average Bonchev–Trinajstić information content (AvgIpc) is 3.12. The molecular weight excluding hydrogens is 322 g/mol. The SMILES string of the molecule is C#Cc1cccc(NC(=O)N2CCC[C@H]2C(=O)N2CCSCC2)c1. The first kappa shape index (κ1) is 16.7. The van der Waals surface area contributed by atoms with Crippen molar-refractivity contribution in [1.82, 2.24) is 9.80 Å². The summed E-state index contributed by atoms with van der Waals surface area (Å²) in [5, 5.41) is 2.86. The number of nitrogens with zero attached hydrogens (tertiary/aromatic N) is 2. The summed E-state index contributed by atoms with van der Waals surface area (Å²) in [6.07, 6.45) is 6.99. The molecular formula is C18H21N3O2S. The van der Waals surface area contributed by atoms with Gasteiger partial charge < -0.3 is 15.1 Å². The number of rotatable bonds is 2. The monoisotopic (exact) mass is 343 g/mol. The highest BCUT2D eigenvalue weighted by molar-refractivity contribution is 7.99. The van der Waals surface area contributed by atoms with Crippen LogP contribution in [0, 0.1) is 12.3 Å². The summed E-state index contributed by atoms with van der Waals surface area (Å²) in [5.41, 5.74) is 1.37. The van der Waals surface area contributed by atoms with Crippen molar-refractivity contribution in [3.05, 3.63) is 29.8 Å². The molecule has 24 heavy (non-hydrogen) atoms. The Labute approximate surface area is 146 Å². The van der Waals surface area contributed by atoms with Gasteiger partial charge in [-0.25, -0.2) is 4.79 Å². The largest absolute Gasteiger partial charge is 0.339 e. The molecule has 0 radical (unpaired) electrons. The fourth-order valence-corrected chi connectivity index (χ4v) is 4.05. The molecule has 0 spiro atoms. The number of hydrogen-bond donors (Lipinski definition) is 1. The second kappa shape index (κ2) is 7.63. The van der Waals surface area contributed by atoms with E-state index >= 15 is 0 Å². The molecule has 0 bridgehead atoms. The Morgan fingerprint density at radius 2 is 2.04 bits per heavy atom. The van der Waals surface area contributed by atoms with E-state index < -0.39 is 0 Å². The lowest BCUT2D eigenvalue weighted by molar-refractivity contribution is -0.134. The van der Waals surface area contributed by atoms with Gasteiger partial charge in [0.1, 0.15) is 6.04 Å². The molecule has 5 nitrogen and oxygen atoms in total. The zero-order valence-electron chi connectivity index (χ0n) is 13.5. The van der Waals surface area contributed by atoms with E-state index in [4.69, 9.17) is 6.42 Å². The average molecular weight is 343 g/mol. The molecule has 1 N–H and O–H groups in total. The first-order valence-electron chi connectivity index (χ1n) is 8.20. The number of likely N-dealkylation sites (tertiary alicyclic amines) is 1. The van der Waals surface area contributed by atoms with Gasteiger partial charge in [-0.3, -0.25) is 4.79 Å². The molecule has 0 aliphatic carbocycles. The molecule has 1 aromatic carbocycles. The summed E-state index contributed by atoms with van der Waals surface area (Å²) in [5.74, 6) is 4.59. The number of anilines is 1. The van der Waals surface area contributed by atoms with Crippen LogP contribution in [0.25, 0.3) is 0 Å². The minimum absolute atomic E-state index is 0.0836. The van der Waals surface area contributed by atoms with Gasteiger partial charge >= 0.3 is 6.03 Å². The second-order valence-corrected chi connectivity index (χ2v) is 7.17. The summed E-state index contributed by atoms with van der Waals surface area (Å²) in [4.78, 5) is 28.9. The smallest absolute Gasteiger partial charge is 0.322 e. The highest BCUT2D eigenvalue weighted by atomic mass is 32.2. The molecule has 1 aromatic rings. The zero-order valence-corrected chi connectivity index (χ0v) is 14.3.